The van der Waals surface area contributed by atoms with Gasteiger partial charge >= 0.3 is 6.18 Å². The summed E-state index contributed by atoms with van der Waals surface area (Å²) in [5.74, 6) is -1.78. The summed E-state index contributed by atoms with van der Waals surface area (Å²) in [5, 5.41) is 3.24. The molecule has 2 atom stereocenters. The van der Waals surface area contributed by atoms with Gasteiger partial charge < -0.3 is 5.32 Å². The Hall–Kier alpha value is -2.60. The fourth-order valence-corrected chi connectivity index (χ4v) is 4.60. The molecule has 0 saturated carbocycles. The van der Waals surface area contributed by atoms with Crippen molar-refractivity contribution in [3.63, 3.8) is 0 Å². The molecule has 0 spiro atoms. The number of carbonyl (C=O) groups excluding carboxylic acids is 2. The molecule has 1 N–H and O–H groups in total. The van der Waals surface area contributed by atoms with Crippen molar-refractivity contribution in [3.05, 3.63) is 81.5 Å². The average molecular weight is 420 g/mol. The number of ketones is 1. The van der Waals surface area contributed by atoms with Crippen LogP contribution in [-0.2, 0) is 15.8 Å². The predicted molar refractivity (Wildman–Crippen MR) is 102 cm³/mol. The van der Waals surface area contributed by atoms with Gasteiger partial charge in [0.05, 0.1) is 5.56 Å². The average Bonchev–Trinajstić information content (AvgIpc) is 2.66. The number of rotatable bonds is 2. The second-order valence-electron chi connectivity index (χ2n) is 7.33. The minimum Gasteiger partial charge on any atom is -0.329 e. The van der Waals surface area contributed by atoms with E-state index in [2.05, 4.69) is 5.32 Å². The first-order chi connectivity index (χ1) is 13.8. The molecular weight excluding hydrogens is 403 g/mol. The number of halogens is 4. The van der Waals surface area contributed by atoms with Crippen LogP contribution in [0.5, 0.6) is 0 Å². The third-order valence-corrected chi connectivity index (χ3v) is 5.87. The monoisotopic (exact) mass is 419 g/mol. The molecule has 2 aromatic rings. The van der Waals surface area contributed by atoms with E-state index in [1.807, 2.05) is 12.1 Å². The molecule has 0 bridgehead atoms. The maximum absolute atomic E-state index is 13.5. The SMILES string of the molecule is O=C1C[C@@H](c2ccccc2C(F)(F)F)C2=C(C[C@@H](c3ccccc3Cl)CC2=O)N1. The molecule has 7 heteroatoms. The topological polar surface area (TPSA) is 46.2 Å². The van der Waals surface area contributed by atoms with E-state index in [0.29, 0.717) is 17.1 Å². The number of nitrogens with one attached hydrogen (secondary N) is 1. The second kappa shape index (κ2) is 7.34. The Morgan fingerprint density at radius 3 is 2.24 bits per heavy atom. The summed E-state index contributed by atoms with van der Waals surface area (Å²) in [6.07, 6.45) is -4.26. The van der Waals surface area contributed by atoms with Crippen molar-refractivity contribution < 1.29 is 22.8 Å². The van der Waals surface area contributed by atoms with Crippen molar-refractivity contribution in [1.82, 2.24) is 5.32 Å². The van der Waals surface area contributed by atoms with Gasteiger partial charge in [-0.15, -0.1) is 0 Å². The minimum absolute atomic E-state index is 0.0353. The molecule has 1 amide bonds. The smallest absolute Gasteiger partial charge is 0.329 e. The van der Waals surface area contributed by atoms with Crippen molar-refractivity contribution in [2.75, 3.05) is 0 Å². The van der Waals surface area contributed by atoms with Gasteiger partial charge in [-0.2, -0.15) is 13.2 Å². The lowest BCUT2D eigenvalue weighted by atomic mass is 9.72. The Labute approximate surface area is 170 Å². The van der Waals surface area contributed by atoms with Gasteiger partial charge in [-0.05, 0) is 35.6 Å². The maximum atomic E-state index is 13.5. The van der Waals surface area contributed by atoms with Gasteiger partial charge in [-0.25, -0.2) is 0 Å². The van der Waals surface area contributed by atoms with Crippen molar-refractivity contribution in [2.24, 2.45) is 0 Å². The maximum Gasteiger partial charge on any atom is 0.416 e. The normalized spacial score (nSPS) is 22.3. The largest absolute Gasteiger partial charge is 0.416 e. The predicted octanol–water partition coefficient (Wildman–Crippen LogP) is 5.36. The Kier molecular flexibility index (Phi) is 4.99. The summed E-state index contributed by atoms with van der Waals surface area (Å²) in [5.41, 5.74) is 0.634. The second-order valence-corrected chi connectivity index (χ2v) is 7.74. The fraction of sp³-hybridized carbons (Fsp3) is 0.273. The van der Waals surface area contributed by atoms with Gasteiger partial charge in [0.25, 0.3) is 0 Å². The highest BCUT2D eigenvalue weighted by Crippen LogP contribution is 2.46. The molecule has 150 valence electrons. The van der Waals surface area contributed by atoms with Crippen LogP contribution < -0.4 is 5.32 Å². The molecule has 4 rings (SSSR count). The van der Waals surface area contributed by atoms with E-state index < -0.39 is 23.6 Å². The molecule has 0 saturated heterocycles. The highest BCUT2D eigenvalue weighted by Gasteiger charge is 2.42. The quantitative estimate of drug-likeness (QED) is 0.712. The fourth-order valence-electron chi connectivity index (χ4n) is 4.31. The van der Waals surface area contributed by atoms with Crippen LogP contribution in [0.1, 0.15) is 47.8 Å². The van der Waals surface area contributed by atoms with Gasteiger partial charge in [-0.3, -0.25) is 9.59 Å². The number of allylic oxidation sites excluding steroid dienone is 2. The van der Waals surface area contributed by atoms with Crippen molar-refractivity contribution in [2.45, 2.75) is 37.3 Å². The highest BCUT2D eigenvalue weighted by molar-refractivity contribution is 6.31. The zero-order valence-electron chi connectivity index (χ0n) is 15.2. The third-order valence-electron chi connectivity index (χ3n) is 5.52. The summed E-state index contributed by atoms with van der Waals surface area (Å²) in [7, 11) is 0. The summed E-state index contributed by atoms with van der Waals surface area (Å²) in [6, 6.07) is 12.3. The van der Waals surface area contributed by atoms with Crippen molar-refractivity contribution in [3.8, 4) is 0 Å². The van der Waals surface area contributed by atoms with Crippen LogP contribution in [0.4, 0.5) is 13.2 Å². The number of amides is 1. The first kappa shape index (κ1) is 19.7. The summed E-state index contributed by atoms with van der Waals surface area (Å²) in [4.78, 5) is 25.4. The van der Waals surface area contributed by atoms with Gasteiger partial charge in [0.2, 0.25) is 5.91 Å². The van der Waals surface area contributed by atoms with Crippen LogP contribution in [0.15, 0.2) is 59.8 Å². The van der Waals surface area contributed by atoms with Gasteiger partial charge in [0.15, 0.2) is 5.78 Å². The van der Waals surface area contributed by atoms with Gasteiger partial charge in [0.1, 0.15) is 0 Å². The first-order valence-electron chi connectivity index (χ1n) is 9.22. The molecular formula is C22H17ClF3NO2. The van der Waals surface area contributed by atoms with E-state index in [0.717, 1.165) is 11.6 Å². The summed E-state index contributed by atoms with van der Waals surface area (Å²) < 4.78 is 40.6. The highest BCUT2D eigenvalue weighted by atomic mass is 35.5. The van der Waals surface area contributed by atoms with Crippen LogP contribution in [-0.4, -0.2) is 11.7 Å². The molecule has 1 heterocycles. The molecule has 2 aromatic carbocycles. The summed E-state index contributed by atoms with van der Waals surface area (Å²) in [6.45, 7) is 0. The van der Waals surface area contributed by atoms with E-state index >= 15 is 0 Å². The number of hydrogen-bond donors (Lipinski definition) is 1. The Bertz CT molecular complexity index is 1030. The summed E-state index contributed by atoms with van der Waals surface area (Å²) >= 11 is 6.26. The molecule has 1 aliphatic carbocycles. The Balaban J connectivity index is 1.78. The van der Waals surface area contributed by atoms with Crippen molar-refractivity contribution in [1.29, 1.82) is 0 Å². The number of hydrogen-bond acceptors (Lipinski definition) is 2. The standard InChI is InChI=1S/C22H17ClF3NO2/c23-17-8-4-2-5-13(17)12-9-18-21(19(28)10-12)15(11-20(29)27-18)14-6-1-3-7-16(14)22(24,25)26/h1-8,12,15H,9-11H2,(H,27,29)/t12-,15+/m1/s1. The van der Waals surface area contributed by atoms with Crippen LogP contribution in [0.2, 0.25) is 5.02 Å². The van der Waals surface area contributed by atoms with Gasteiger partial charge in [0, 0.05) is 35.1 Å². The molecule has 0 unspecified atom stereocenters. The number of benzene rings is 2. The zero-order chi connectivity index (χ0) is 20.8. The first-order valence-corrected chi connectivity index (χ1v) is 9.60. The lowest BCUT2D eigenvalue weighted by Gasteiger charge is -2.35. The van der Waals surface area contributed by atoms with E-state index in [9.17, 15) is 22.8 Å². The third kappa shape index (κ3) is 3.69. The molecule has 29 heavy (non-hydrogen) atoms. The van der Waals surface area contributed by atoms with Crippen molar-refractivity contribution >= 4 is 23.3 Å². The van der Waals surface area contributed by atoms with Gasteiger partial charge in [-0.1, -0.05) is 48.0 Å². The lowest BCUT2D eigenvalue weighted by molar-refractivity contribution is -0.138. The Morgan fingerprint density at radius 2 is 1.55 bits per heavy atom. The van der Waals surface area contributed by atoms with E-state index in [1.54, 1.807) is 12.1 Å². The molecule has 3 nitrogen and oxygen atoms in total. The molecule has 0 aromatic heterocycles. The molecule has 2 aliphatic rings. The minimum atomic E-state index is -4.57. The van der Waals surface area contributed by atoms with Crippen LogP contribution in [0, 0.1) is 0 Å². The number of carbonyl (C=O) groups is 2. The van der Waals surface area contributed by atoms with E-state index in [1.165, 1.54) is 18.2 Å². The van der Waals surface area contributed by atoms with Crippen LogP contribution >= 0.6 is 11.6 Å². The molecule has 1 aliphatic heterocycles. The molecule has 0 fully saturated rings. The molecule has 0 radical (unpaired) electrons. The lowest BCUT2D eigenvalue weighted by Crippen LogP contribution is -2.38. The van der Waals surface area contributed by atoms with E-state index in [4.69, 9.17) is 11.6 Å². The van der Waals surface area contributed by atoms with E-state index in [-0.39, 0.29) is 35.7 Å². The zero-order valence-corrected chi connectivity index (χ0v) is 16.0. The number of alkyl halides is 3. The van der Waals surface area contributed by atoms with Crippen LogP contribution in [0.3, 0.4) is 0 Å². The van der Waals surface area contributed by atoms with Crippen LogP contribution in [0.25, 0.3) is 0 Å². The Morgan fingerprint density at radius 1 is 0.897 bits per heavy atom. The number of Topliss-reactive ketones (excluding diaryl/α,β-unsaturated/α-hetero) is 1.